The summed E-state index contributed by atoms with van der Waals surface area (Å²) in [7, 11) is 0. The van der Waals surface area contributed by atoms with E-state index in [1.807, 2.05) is 0 Å². The van der Waals surface area contributed by atoms with Crippen molar-refractivity contribution in [1.82, 2.24) is 9.97 Å². The average Bonchev–Trinajstić information content (AvgIpc) is 3.19. The van der Waals surface area contributed by atoms with Crippen LogP contribution in [0.3, 0.4) is 0 Å². The van der Waals surface area contributed by atoms with Crippen LogP contribution in [0.5, 0.6) is 0 Å². The number of hydrogen-bond acceptors (Lipinski definition) is 3. The first kappa shape index (κ1) is 14.1. The van der Waals surface area contributed by atoms with Crippen molar-refractivity contribution in [2.75, 3.05) is 5.32 Å². The van der Waals surface area contributed by atoms with Gasteiger partial charge in [-0.25, -0.2) is 4.98 Å². The van der Waals surface area contributed by atoms with Gasteiger partial charge in [0.15, 0.2) is 0 Å². The van der Waals surface area contributed by atoms with Crippen LogP contribution in [0.2, 0.25) is 0 Å². The zero-order valence-corrected chi connectivity index (χ0v) is 12.0. The Kier molecular flexibility index (Phi) is 5.00. The van der Waals surface area contributed by atoms with Gasteiger partial charge in [-0.1, -0.05) is 33.1 Å². The van der Waals surface area contributed by atoms with Gasteiger partial charge < -0.3 is 10.3 Å². The molecule has 1 aliphatic rings. The summed E-state index contributed by atoms with van der Waals surface area (Å²) in [6.07, 6.45) is 8.17. The smallest absolute Gasteiger partial charge is 0.252 e. The van der Waals surface area contributed by atoms with Gasteiger partial charge >= 0.3 is 0 Å². The van der Waals surface area contributed by atoms with Crippen LogP contribution < -0.4 is 10.9 Å². The summed E-state index contributed by atoms with van der Waals surface area (Å²) < 4.78 is 0. The van der Waals surface area contributed by atoms with Crippen LogP contribution in [0, 0.1) is 0 Å². The number of aromatic nitrogens is 2. The highest BCUT2D eigenvalue weighted by Gasteiger charge is 2.26. The fourth-order valence-corrected chi connectivity index (χ4v) is 2.40. The molecule has 1 saturated carbocycles. The van der Waals surface area contributed by atoms with Gasteiger partial charge in [0, 0.05) is 18.0 Å². The molecule has 4 nitrogen and oxygen atoms in total. The Morgan fingerprint density at radius 2 is 2.16 bits per heavy atom. The van der Waals surface area contributed by atoms with E-state index in [9.17, 15) is 4.79 Å². The molecular weight excluding hydrogens is 238 g/mol. The van der Waals surface area contributed by atoms with Crippen molar-refractivity contribution in [2.24, 2.45) is 0 Å². The molecule has 0 aromatic carbocycles. The molecule has 1 heterocycles. The van der Waals surface area contributed by atoms with Crippen molar-refractivity contribution in [2.45, 2.75) is 70.8 Å². The van der Waals surface area contributed by atoms with Gasteiger partial charge in [0.25, 0.3) is 5.56 Å². The number of aromatic amines is 1. The van der Waals surface area contributed by atoms with Crippen molar-refractivity contribution in [3.8, 4) is 0 Å². The highest BCUT2D eigenvalue weighted by Crippen LogP contribution is 2.37. The summed E-state index contributed by atoms with van der Waals surface area (Å²) in [6, 6.07) is 2.02. The molecule has 2 N–H and O–H groups in total. The third-order valence-corrected chi connectivity index (χ3v) is 3.62. The Bertz CT molecular complexity index is 451. The molecule has 0 radical (unpaired) electrons. The average molecular weight is 263 g/mol. The van der Waals surface area contributed by atoms with Crippen LogP contribution in [0.15, 0.2) is 10.9 Å². The first-order valence-electron chi connectivity index (χ1n) is 7.60. The highest BCUT2D eigenvalue weighted by molar-refractivity contribution is 5.35. The summed E-state index contributed by atoms with van der Waals surface area (Å²) in [5, 5.41) is 3.45. The molecule has 0 bridgehead atoms. The lowest BCUT2D eigenvalue weighted by Gasteiger charge is -2.18. The van der Waals surface area contributed by atoms with E-state index in [2.05, 4.69) is 29.1 Å². The van der Waals surface area contributed by atoms with Crippen LogP contribution in [0.4, 0.5) is 5.82 Å². The van der Waals surface area contributed by atoms with Crippen molar-refractivity contribution in [1.29, 1.82) is 0 Å². The molecule has 0 amide bonds. The summed E-state index contributed by atoms with van der Waals surface area (Å²) >= 11 is 0. The molecule has 0 aliphatic heterocycles. The maximum Gasteiger partial charge on any atom is 0.252 e. The minimum atomic E-state index is -0.0369. The second-order valence-electron chi connectivity index (χ2n) is 5.56. The van der Waals surface area contributed by atoms with Crippen molar-refractivity contribution in [3.63, 3.8) is 0 Å². The minimum Gasteiger partial charge on any atom is -0.367 e. The Morgan fingerprint density at radius 3 is 2.79 bits per heavy atom. The number of nitrogens with zero attached hydrogens (tertiary/aromatic N) is 1. The van der Waals surface area contributed by atoms with Gasteiger partial charge in [-0.3, -0.25) is 4.79 Å². The van der Waals surface area contributed by atoms with Crippen molar-refractivity contribution < 1.29 is 0 Å². The maximum atomic E-state index is 11.7. The van der Waals surface area contributed by atoms with Gasteiger partial charge in [-0.15, -0.1) is 0 Å². The molecule has 4 heteroatoms. The molecule has 106 valence electrons. The number of hydrogen-bond donors (Lipinski definition) is 2. The maximum absolute atomic E-state index is 11.7. The van der Waals surface area contributed by atoms with Crippen LogP contribution in [-0.2, 0) is 0 Å². The zero-order valence-electron chi connectivity index (χ0n) is 12.0. The number of nitrogens with one attached hydrogen (secondary N) is 2. The van der Waals surface area contributed by atoms with E-state index in [4.69, 9.17) is 0 Å². The second kappa shape index (κ2) is 6.73. The topological polar surface area (TPSA) is 57.8 Å². The summed E-state index contributed by atoms with van der Waals surface area (Å²) in [6.45, 7) is 4.40. The number of H-pyrrole nitrogens is 1. The summed E-state index contributed by atoms with van der Waals surface area (Å²) in [5.74, 6) is 2.09. The lowest BCUT2D eigenvalue weighted by atomic mass is 10.1. The normalized spacial score (nSPS) is 16.3. The molecule has 0 spiro atoms. The quantitative estimate of drug-likeness (QED) is 0.755. The molecular formula is C15H25N3O. The Labute approximate surface area is 115 Å². The fraction of sp³-hybridized carbons (Fsp3) is 0.733. The predicted molar refractivity (Wildman–Crippen MR) is 78.7 cm³/mol. The largest absolute Gasteiger partial charge is 0.367 e. The van der Waals surface area contributed by atoms with Crippen LogP contribution in [0.1, 0.15) is 70.5 Å². The molecule has 1 aliphatic carbocycles. The molecule has 0 saturated heterocycles. The molecule has 2 rings (SSSR count). The molecule has 1 unspecified atom stereocenters. The molecule has 1 fully saturated rings. The van der Waals surface area contributed by atoms with Gasteiger partial charge in [0.05, 0.1) is 0 Å². The molecule has 1 atom stereocenters. The molecule has 19 heavy (non-hydrogen) atoms. The van der Waals surface area contributed by atoms with E-state index in [-0.39, 0.29) is 5.56 Å². The first-order valence-corrected chi connectivity index (χ1v) is 7.60. The second-order valence-corrected chi connectivity index (χ2v) is 5.56. The van der Waals surface area contributed by atoms with E-state index >= 15 is 0 Å². The Hall–Kier alpha value is -1.32. The standard InChI is InChI=1S/C15H25N3O/c1-3-5-7-12(6-4-2)16-13-10-14(19)18-15(17-13)11-8-9-11/h10-12H,3-9H2,1-2H3,(H2,16,17,18,19). The van der Waals surface area contributed by atoms with Gasteiger partial charge in [0.1, 0.15) is 11.6 Å². The monoisotopic (exact) mass is 263 g/mol. The van der Waals surface area contributed by atoms with Crippen molar-refractivity contribution >= 4 is 5.82 Å². The summed E-state index contributed by atoms with van der Waals surface area (Å²) in [5.41, 5.74) is -0.0369. The van der Waals surface area contributed by atoms with E-state index in [1.165, 1.54) is 12.8 Å². The third kappa shape index (κ3) is 4.37. The SMILES string of the molecule is CCCCC(CCC)Nc1cc(=O)[nH]c(C2CC2)n1. The van der Waals surface area contributed by atoms with E-state index in [0.29, 0.717) is 12.0 Å². The van der Waals surface area contributed by atoms with Crippen LogP contribution >= 0.6 is 0 Å². The zero-order chi connectivity index (χ0) is 13.7. The lowest BCUT2D eigenvalue weighted by Crippen LogP contribution is -2.22. The lowest BCUT2D eigenvalue weighted by molar-refractivity contribution is 0.562. The first-order chi connectivity index (χ1) is 9.22. The Balaban J connectivity index is 2.04. The summed E-state index contributed by atoms with van der Waals surface area (Å²) in [4.78, 5) is 19.1. The van der Waals surface area contributed by atoms with E-state index < -0.39 is 0 Å². The van der Waals surface area contributed by atoms with Crippen molar-refractivity contribution in [3.05, 3.63) is 22.2 Å². The van der Waals surface area contributed by atoms with Gasteiger partial charge in [-0.05, 0) is 25.7 Å². The minimum absolute atomic E-state index is 0.0369. The van der Waals surface area contributed by atoms with Gasteiger partial charge in [-0.2, -0.15) is 0 Å². The Morgan fingerprint density at radius 1 is 1.37 bits per heavy atom. The fourth-order valence-electron chi connectivity index (χ4n) is 2.40. The number of unbranched alkanes of at least 4 members (excludes halogenated alkanes) is 1. The van der Waals surface area contributed by atoms with Crippen LogP contribution in [-0.4, -0.2) is 16.0 Å². The third-order valence-electron chi connectivity index (χ3n) is 3.62. The number of rotatable bonds is 8. The van der Waals surface area contributed by atoms with E-state index in [0.717, 1.165) is 43.7 Å². The highest BCUT2D eigenvalue weighted by atomic mass is 16.1. The van der Waals surface area contributed by atoms with E-state index in [1.54, 1.807) is 6.07 Å². The van der Waals surface area contributed by atoms with Gasteiger partial charge in [0.2, 0.25) is 0 Å². The van der Waals surface area contributed by atoms with Crippen LogP contribution in [0.25, 0.3) is 0 Å². The number of anilines is 1. The molecule has 1 aromatic heterocycles. The predicted octanol–water partition coefficient (Wildman–Crippen LogP) is 3.42. The molecule has 1 aromatic rings.